The Kier molecular flexibility index (Phi) is 4.31. The Hall–Kier alpha value is -1.13. The summed E-state index contributed by atoms with van der Waals surface area (Å²) >= 11 is 0. The summed E-state index contributed by atoms with van der Waals surface area (Å²) in [5, 5.41) is 3.61. The van der Waals surface area contributed by atoms with Crippen LogP contribution < -0.4 is 10.1 Å². The topological polar surface area (TPSA) is 43.4 Å². The van der Waals surface area contributed by atoms with E-state index in [1.807, 2.05) is 13.1 Å². The van der Waals surface area contributed by atoms with Crippen LogP contribution in [0.5, 0.6) is 5.75 Å². The van der Waals surface area contributed by atoms with Crippen molar-refractivity contribution in [3.63, 3.8) is 0 Å². The highest BCUT2D eigenvalue weighted by molar-refractivity contribution is 5.41. The van der Waals surface area contributed by atoms with Crippen LogP contribution in [0.15, 0.2) is 6.20 Å². The van der Waals surface area contributed by atoms with Crippen molar-refractivity contribution in [3.8, 4) is 5.75 Å². The Bertz CT molecular complexity index is 524. The fourth-order valence-electron chi connectivity index (χ4n) is 3.35. The van der Waals surface area contributed by atoms with E-state index in [-0.39, 0.29) is 11.2 Å². The Morgan fingerprint density at radius 3 is 2.52 bits per heavy atom. The minimum Gasteiger partial charge on any atom is -0.496 e. The van der Waals surface area contributed by atoms with Crippen molar-refractivity contribution in [2.45, 2.75) is 71.8 Å². The van der Waals surface area contributed by atoms with E-state index < -0.39 is 0 Å². The molecule has 1 aromatic heterocycles. The number of aryl methyl sites for hydroxylation is 1. The summed E-state index contributed by atoms with van der Waals surface area (Å²) in [7, 11) is 1.71. The summed E-state index contributed by atoms with van der Waals surface area (Å²) in [6.45, 7) is 13.4. The van der Waals surface area contributed by atoms with Crippen molar-refractivity contribution in [1.29, 1.82) is 0 Å². The maximum atomic E-state index is 6.12. The molecule has 0 aromatic carbocycles. The average molecular weight is 292 g/mol. The van der Waals surface area contributed by atoms with Gasteiger partial charge in [0.05, 0.1) is 24.0 Å². The number of rotatable bonds is 4. The van der Waals surface area contributed by atoms with Gasteiger partial charge in [0.2, 0.25) is 0 Å². The smallest absolute Gasteiger partial charge is 0.128 e. The molecule has 1 aliphatic rings. The van der Waals surface area contributed by atoms with Gasteiger partial charge >= 0.3 is 0 Å². The van der Waals surface area contributed by atoms with Crippen LogP contribution in [-0.4, -0.2) is 29.3 Å². The molecule has 1 aromatic rings. The van der Waals surface area contributed by atoms with E-state index in [1.165, 1.54) is 0 Å². The number of hydrogen-bond donors (Lipinski definition) is 1. The van der Waals surface area contributed by atoms with Gasteiger partial charge in [-0.3, -0.25) is 4.98 Å². The van der Waals surface area contributed by atoms with E-state index >= 15 is 0 Å². The van der Waals surface area contributed by atoms with Crippen molar-refractivity contribution in [2.75, 3.05) is 7.11 Å². The van der Waals surface area contributed by atoms with Gasteiger partial charge in [0.25, 0.3) is 0 Å². The molecule has 0 unspecified atom stereocenters. The largest absolute Gasteiger partial charge is 0.496 e. The molecule has 1 atom stereocenters. The van der Waals surface area contributed by atoms with Crippen molar-refractivity contribution in [1.82, 2.24) is 10.3 Å². The predicted molar refractivity (Wildman–Crippen MR) is 84.8 cm³/mol. The average Bonchev–Trinajstić information content (AvgIpc) is 2.56. The van der Waals surface area contributed by atoms with Crippen LogP contribution in [-0.2, 0) is 11.3 Å². The molecule has 0 aliphatic carbocycles. The molecule has 0 saturated carbocycles. The molecule has 1 fully saturated rings. The predicted octanol–water partition coefficient (Wildman–Crippen LogP) is 3.14. The number of aromatic nitrogens is 1. The Balaban J connectivity index is 2.11. The SMILES string of the molecule is COc1c(C)cnc(CN[C@H]2CC(C)(C)OC2(C)C)c1C. The van der Waals surface area contributed by atoms with Gasteiger partial charge in [0.15, 0.2) is 0 Å². The second-order valence-corrected chi connectivity index (χ2v) is 7.15. The summed E-state index contributed by atoms with van der Waals surface area (Å²) in [4.78, 5) is 4.55. The summed E-state index contributed by atoms with van der Waals surface area (Å²) in [6, 6.07) is 0.320. The van der Waals surface area contributed by atoms with Gasteiger partial charge in [0, 0.05) is 29.9 Å². The van der Waals surface area contributed by atoms with Gasteiger partial charge in [-0.1, -0.05) is 0 Å². The van der Waals surface area contributed by atoms with Gasteiger partial charge in [0.1, 0.15) is 5.75 Å². The van der Waals surface area contributed by atoms with E-state index in [0.29, 0.717) is 6.04 Å². The van der Waals surface area contributed by atoms with Gasteiger partial charge in [-0.15, -0.1) is 0 Å². The maximum absolute atomic E-state index is 6.12. The molecule has 0 amide bonds. The third-order valence-corrected chi connectivity index (χ3v) is 4.34. The van der Waals surface area contributed by atoms with Crippen LogP contribution in [0.4, 0.5) is 0 Å². The first-order chi connectivity index (χ1) is 9.66. The molecule has 2 heterocycles. The van der Waals surface area contributed by atoms with Crippen LogP contribution in [0.2, 0.25) is 0 Å². The Morgan fingerprint density at radius 1 is 1.33 bits per heavy atom. The quantitative estimate of drug-likeness (QED) is 0.926. The lowest BCUT2D eigenvalue weighted by Gasteiger charge is -2.28. The number of hydrogen-bond acceptors (Lipinski definition) is 4. The van der Waals surface area contributed by atoms with Crippen LogP contribution >= 0.6 is 0 Å². The molecule has 2 rings (SSSR count). The molecule has 0 spiro atoms. The third kappa shape index (κ3) is 3.38. The zero-order valence-corrected chi connectivity index (χ0v) is 14.3. The lowest BCUT2D eigenvalue weighted by molar-refractivity contribution is -0.0699. The van der Waals surface area contributed by atoms with Crippen LogP contribution in [0.3, 0.4) is 0 Å². The van der Waals surface area contributed by atoms with Crippen molar-refractivity contribution < 1.29 is 9.47 Å². The molecule has 4 nitrogen and oxygen atoms in total. The summed E-state index contributed by atoms with van der Waals surface area (Å²) in [5.74, 6) is 0.934. The molecular weight excluding hydrogens is 264 g/mol. The fourth-order valence-corrected chi connectivity index (χ4v) is 3.35. The van der Waals surface area contributed by atoms with E-state index in [0.717, 1.165) is 35.5 Å². The molecule has 21 heavy (non-hydrogen) atoms. The molecule has 1 saturated heterocycles. The minimum absolute atomic E-state index is 0.0748. The first-order valence-corrected chi connectivity index (χ1v) is 7.59. The molecule has 1 aliphatic heterocycles. The summed E-state index contributed by atoms with van der Waals surface area (Å²) < 4.78 is 11.6. The number of nitrogens with zero attached hydrogens (tertiary/aromatic N) is 1. The highest BCUT2D eigenvalue weighted by atomic mass is 16.5. The second-order valence-electron chi connectivity index (χ2n) is 7.15. The van der Waals surface area contributed by atoms with Gasteiger partial charge < -0.3 is 14.8 Å². The number of pyridine rings is 1. The lowest BCUT2D eigenvalue weighted by Crippen LogP contribution is -2.43. The molecule has 4 heteroatoms. The van der Waals surface area contributed by atoms with E-state index in [4.69, 9.17) is 9.47 Å². The van der Waals surface area contributed by atoms with Crippen molar-refractivity contribution >= 4 is 0 Å². The van der Waals surface area contributed by atoms with Crippen LogP contribution in [0, 0.1) is 13.8 Å². The number of nitrogens with one attached hydrogen (secondary N) is 1. The maximum Gasteiger partial charge on any atom is 0.128 e. The summed E-state index contributed by atoms with van der Waals surface area (Å²) in [5.41, 5.74) is 2.99. The highest BCUT2D eigenvalue weighted by Gasteiger charge is 2.45. The van der Waals surface area contributed by atoms with Crippen LogP contribution in [0.25, 0.3) is 0 Å². The first kappa shape index (κ1) is 16.2. The standard InChI is InChI=1S/C17H28N2O2/c1-11-9-18-13(12(2)15(11)20-7)10-19-14-8-16(3,4)21-17(14,5)6/h9,14,19H,8,10H2,1-7H3/t14-/m0/s1. The lowest BCUT2D eigenvalue weighted by atomic mass is 9.94. The zero-order chi connectivity index (χ0) is 15.8. The third-order valence-electron chi connectivity index (χ3n) is 4.34. The first-order valence-electron chi connectivity index (χ1n) is 7.59. The fraction of sp³-hybridized carbons (Fsp3) is 0.706. The van der Waals surface area contributed by atoms with Crippen LogP contribution in [0.1, 0.15) is 50.9 Å². The molecule has 118 valence electrons. The molecule has 0 radical (unpaired) electrons. The molecule has 0 bridgehead atoms. The van der Waals surface area contributed by atoms with Crippen molar-refractivity contribution in [3.05, 3.63) is 23.0 Å². The van der Waals surface area contributed by atoms with Gasteiger partial charge in [-0.05, 0) is 48.0 Å². The summed E-state index contributed by atoms with van der Waals surface area (Å²) in [6.07, 6.45) is 2.88. The Labute approximate surface area is 128 Å². The number of ether oxygens (including phenoxy) is 2. The van der Waals surface area contributed by atoms with E-state index in [9.17, 15) is 0 Å². The van der Waals surface area contributed by atoms with Crippen molar-refractivity contribution in [2.24, 2.45) is 0 Å². The molecule has 1 N–H and O–H groups in total. The normalized spacial score (nSPS) is 23.3. The Morgan fingerprint density at radius 2 is 2.00 bits per heavy atom. The minimum atomic E-state index is -0.161. The van der Waals surface area contributed by atoms with E-state index in [2.05, 4.69) is 44.9 Å². The van der Waals surface area contributed by atoms with Gasteiger partial charge in [-0.25, -0.2) is 0 Å². The monoisotopic (exact) mass is 292 g/mol. The number of methoxy groups -OCH3 is 1. The molecular formula is C17H28N2O2. The highest BCUT2D eigenvalue weighted by Crippen LogP contribution is 2.37. The second kappa shape index (κ2) is 5.58. The zero-order valence-electron chi connectivity index (χ0n) is 14.3. The van der Waals surface area contributed by atoms with E-state index in [1.54, 1.807) is 7.11 Å². The van der Waals surface area contributed by atoms with Gasteiger partial charge in [-0.2, -0.15) is 0 Å².